The van der Waals surface area contributed by atoms with Gasteiger partial charge in [0.2, 0.25) is 0 Å². The lowest BCUT2D eigenvalue weighted by molar-refractivity contribution is 0.0935. The highest BCUT2D eigenvalue weighted by atomic mass is 15.2. The van der Waals surface area contributed by atoms with E-state index in [1.165, 1.54) is 25.8 Å². The molecule has 0 aliphatic carbocycles. The normalized spacial score (nSPS) is 31.7. The Morgan fingerprint density at radius 2 is 1.86 bits per heavy atom. The number of likely N-dealkylation sites (tertiary alicyclic amines) is 1. The SMILES string of the molecule is CCNC(C)CN1C(C)CCCC1C. The van der Waals surface area contributed by atoms with Crippen LogP contribution in [0, 0.1) is 0 Å². The third kappa shape index (κ3) is 3.25. The van der Waals surface area contributed by atoms with Crippen LogP contribution in [0.5, 0.6) is 0 Å². The van der Waals surface area contributed by atoms with E-state index in [1.807, 2.05) is 0 Å². The molecule has 0 saturated carbocycles. The van der Waals surface area contributed by atoms with Gasteiger partial charge in [0.05, 0.1) is 0 Å². The number of hydrogen-bond acceptors (Lipinski definition) is 2. The minimum Gasteiger partial charge on any atom is -0.313 e. The summed E-state index contributed by atoms with van der Waals surface area (Å²) < 4.78 is 0. The van der Waals surface area contributed by atoms with Gasteiger partial charge in [-0.25, -0.2) is 0 Å². The highest BCUT2D eigenvalue weighted by Crippen LogP contribution is 2.22. The van der Waals surface area contributed by atoms with Gasteiger partial charge in [-0.3, -0.25) is 4.90 Å². The van der Waals surface area contributed by atoms with Crippen LogP contribution in [0.3, 0.4) is 0 Å². The maximum Gasteiger partial charge on any atom is 0.0166 e. The number of likely N-dealkylation sites (N-methyl/N-ethyl adjacent to an activating group) is 1. The fourth-order valence-electron chi connectivity index (χ4n) is 2.56. The van der Waals surface area contributed by atoms with Crippen LogP contribution in [-0.4, -0.2) is 36.1 Å². The first kappa shape index (κ1) is 12.0. The quantitative estimate of drug-likeness (QED) is 0.745. The lowest BCUT2D eigenvalue weighted by Crippen LogP contribution is -2.49. The summed E-state index contributed by atoms with van der Waals surface area (Å²) >= 11 is 0. The predicted octanol–water partition coefficient (Wildman–Crippen LogP) is 2.25. The van der Waals surface area contributed by atoms with Crippen molar-refractivity contribution in [2.45, 2.75) is 65.1 Å². The Bertz CT molecular complexity index is 148. The molecule has 2 nitrogen and oxygen atoms in total. The van der Waals surface area contributed by atoms with Gasteiger partial charge < -0.3 is 5.32 Å². The molecular weight excluding hydrogens is 172 g/mol. The van der Waals surface area contributed by atoms with E-state index in [-0.39, 0.29) is 0 Å². The van der Waals surface area contributed by atoms with E-state index in [9.17, 15) is 0 Å². The van der Waals surface area contributed by atoms with E-state index >= 15 is 0 Å². The van der Waals surface area contributed by atoms with Crippen molar-refractivity contribution < 1.29 is 0 Å². The largest absolute Gasteiger partial charge is 0.313 e. The Morgan fingerprint density at radius 3 is 2.36 bits per heavy atom. The number of hydrogen-bond donors (Lipinski definition) is 1. The Kier molecular flexibility index (Phi) is 4.90. The van der Waals surface area contributed by atoms with E-state index in [4.69, 9.17) is 0 Å². The van der Waals surface area contributed by atoms with Gasteiger partial charge in [-0.15, -0.1) is 0 Å². The molecule has 3 atom stereocenters. The Labute approximate surface area is 89.1 Å². The molecular formula is C12H26N2. The maximum absolute atomic E-state index is 3.49. The summed E-state index contributed by atoms with van der Waals surface area (Å²) in [6, 6.07) is 2.18. The van der Waals surface area contributed by atoms with Gasteiger partial charge in [0.25, 0.3) is 0 Å². The molecule has 0 bridgehead atoms. The van der Waals surface area contributed by atoms with Crippen LogP contribution in [0.2, 0.25) is 0 Å². The summed E-state index contributed by atoms with van der Waals surface area (Å²) in [6.07, 6.45) is 4.17. The summed E-state index contributed by atoms with van der Waals surface area (Å²) in [6.45, 7) is 11.5. The summed E-state index contributed by atoms with van der Waals surface area (Å²) in [4.78, 5) is 2.66. The minimum atomic E-state index is 0.628. The smallest absolute Gasteiger partial charge is 0.0166 e. The number of rotatable bonds is 4. The third-order valence-electron chi connectivity index (χ3n) is 3.41. The molecule has 0 amide bonds. The first-order chi connectivity index (χ1) is 6.65. The van der Waals surface area contributed by atoms with Gasteiger partial charge in [0.15, 0.2) is 0 Å². The van der Waals surface area contributed by atoms with E-state index < -0.39 is 0 Å². The minimum absolute atomic E-state index is 0.628. The average Bonchev–Trinajstić information content (AvgIpc) is 2.12. The topological polar surface area (TPSA) is 15.3 Å². The highest BCUT2D eigenvalue weighted by molar-refractivity contribution is 4.81. The second-order valence-corrected chi connectivity index (χ2v) is 4.78. The molecule has 1 N–H and O–H groups in total. The molecule has 1 rings (SSSR count). The molecule has 3 unspecified atom stereocenters. The second kappa shape index (κ2) is 5.72. The Hall–Kier alpha value is -0.0800. The molecule has 0 aromatic rings. The molecule has 0 aromatic carbocycles. The average molecular weight is 198 g/mol. The van der Waals surface area contributed by atoms with E-state index in [0.717, 1.165) is 18.6 Å². The summed E-state index contributed by atoms with van der Waals surface area (Å²) in [5, 5.41) is 3.49. The Balaban J connectivity index is 2.39. The molecule has 1 aliphatic rings. The van der Waals surface area contributed by atoms with Crippen molar-refractivity contribution in [2.24, 2.45) is 0 Å². The molecule has 84 valence electrons. The Morgan fingerprint density at radius 1 is 1.29 bits per heavy atom. The van der Waals surface area contributed by atoms with Crippen molar-refractivity contribution >= 4 is 0 Å². The molecule has 1 heterocycles. The van der Waals surface area contributed by atoms with E-state index in [0.29, 0.717) is 6.04 Å². The summed E-state index contributed by atoms with van der Waals surface area (Å²) in [7, 11) is 0. The van der Waals surface area contributed by atoms with Crippen molar-refractivity contribution in [3.05, 3.63) is 0 Å². The van der Waals surface area contributed by atoms with Crippen LogP contribution in [-0.2, 0) is 0 Å². The van der Waals surface area contributed by atoms with Crippen LogP contribution in [0.1, 0.15) is 47.0 Å². The van der Waals surface area contributed by atoms with Crippen molar-refractivity contribution in [2.75, 3.05) is 13.1 Å². The standard InChI is InChI=1S/C12H26N2/c1-5-13-10(2)9-14-11(3)7-6-8-12(14)4/h10-13H,5-9H2,1-4H3. The molecule has 0 aromatic heterocycles. The van der Waals surface area contributed by atoms with Crippen molar-refractivity contribution in [3.8, 4) is 0 Å². The monoisotopic (exact) mass is 198 g/mol. The van der Waals surface area contributed by atoms with Crippen molar-refractivity contribution in [3.63, 3.8) is 0 Å². The number of nitrogens with zero attached hydrogens (tertiary/aromatic N) is 1. The van der Waals surface area contributed by atoms with Gasteiger partial charge in [0.1, 0.15) is 0 Å². The van der Waals surface area contributed by atoms with Gasteiger partial charge in [-0.1, -0.05) is 13.3 Å². The van der Waals surface area contributed by atoms with E-state index in [2.05, 4.69) is 37.9 Å². The van der Waals surface area contributed by atoms with E-state index in [1.54, 1.807) is 0 Å². The zero-order valence-electron chi connectivity index (χ0n) is 10.2. The lowest BCUT2D eigenvalue weighted by Gasteiger charge is -2.40. The molecule has 1 aliphatic heterocycles. The second-order valence-electron chi connectivity index (χ2n) is 4.78. The molecule has 1 saturated heterocycles. The van der Waals surface area contributed by atoms with Crippen LogP contribution in [0.25, 0.3) is 0 Å². The highest BCUT2D eigenvalue weighted by Gasteiger charge is 2.25. The van der Waals surface area contributed by atoms with Gasteiger partial charge in [-0.05, 0) is 40.2 Å². The van der Waals surface area contributed by atoms with Gasteiger partial charge >= 0.3 is 0 Å². The van der Waals surface area contributed by atoms with Gasteiger partial charge in [0, 0.05) is 24.7 Å². The lowest BCUT2D eigenvalue weighted by atomic mass is 9.97. The van der Waals surface area contributed by atoms with Crippen LogP contribution in [0.4, 0.5) is 0 Å². The summed E-state index contributed by atoms with van der Waals surface area (Å²) in [5.74, 6) is 0. The number of nitrogens with one attached hydrogen (secondary N) is 1. The van der Waals surface area contributed by atoms with Crippen molar-refractivity contribution in [1.82, 2.24) is 10.2 Å². The first-order valence-electron chi connectivity index (χ1n) is 6.14. The summed E-state index contributed by atoms with van der Waals surface area (Å²) in [5.41, 5.74) is 0. The first-order valence-corrected chi connectivity index (χ1v) is 6.14. The molecule has 2 heteroatoms. The fourth-order valence-corrected chi connectivity index (χ4v) is 2.56. The fraction of sp³-hybridized carbons (Fsp3) is 1.00. The number of piperidine rings is 1. The zero-order chi connectivity index (χ0) is 10.6. The predicted molar refractivity (Wildman–Crippen MR) is 62.6 cm³/mol. The van der Waals surface area contributed by atoms with Gasteiger partial charge in [-0.2, -0.15) is 0 Å². The third-order valence-corrected chi connectivity index (χ3v) is 3.41. The molecule has 0 radical (unpaired) electrons. The van der Waals surface area contributed by atoms with Crippen LogP contribution < -0.4 is 5.32 Å². The van der Waals surface area contributed by atoms with Crippen LogP contribution >= 0.6 is 0 Å². The molecule has 1 fully saturated rings. The van der Waals surface area contributed by atoms with Crippen LogP contribution in [0.15, 0.2) is 0 Å². The molecule has 14 heavy (non-hydrogen) atoms. The van der Waals surface area contributed by atoms with Crippen molar-refractivity contribution in [1.29, 1.82) is 0 Å². The molecule has 0 spiro atoms. The zero-order valence-corrected chi connectivity index (χ0v) is 10.2. The maximum atomic E-state index is 3.49.